The number of piperazine rings is 1. The van der Waals surface area contributed by atoms with Gasteiger partial charge in [0.05, 0.1) is 13.2 Å². The molecule has 1 saturated heterocycles. The van der Waals surface area contributed by atoms with Gasteiger partial charge in [0.15, 0.2) is 0 Å². The normalized spacial score (nSPS) is 14.3. The van der Waals surface area contributed by atoms with E-state index in [0.29, 0.717) is 77.0 Å². The molecule has 1 aliphatic rings. The van der Waals surface area contributed by atoms with Crippen molar-refractivity contribution in [1.82, 2.24) is 25.3 Å². The van der Waals surface area contributed by atoms with Crippen LogP contribution < -0.4 is 10.1 Å². The van der Waals surface area contributed by atoms with Crippen LogP contribution in [0.25, 0.3) is 11.4 Å². The predicted molar refractivity (Wildman–Crippen MR) is 122 cm³/mol. The Bertz CT molecular complexity index is 878. The van der Waals surface area contributed by atoms with Crippen LogP contribution in [0.3, 0.4) is 0 Å². The second-order valence-corrected chi connectivity index (χ2v) is 7.82. The topological polar surface area (TPSA) is 110 Å². The fraction of sp³-hybridized carbons (Fsp3) is 0.565. The summed E-state index contributed by atoms with van der Waals surface area (Å²) in [6.45, 7) is 6.72. The largest absolute Gasteiger partial charge is 0.494 e. The minimum atomic E-state index is 0.00519. The van der Waals surface area contributed by atoms with Crippen molar-refractivity contribution in [3.63, 3.8) is 0 Å². The molecule has 1 fully saturated rings. The molecule has 0 saturated carbocycles. The molecular weight excluding hydrogens is 426 g/mol. The lowest BCUT2D eigenvalue weighted by Gasteiger charge is -2.34. The van der Waals surface area contributed by atoms with E-state index in [9.17, 15) is 9.59 Å². The van der Waals surface area contributed by atoms with Crippen molar-refractivity contribution in [2.75, 3.05) is 59.6 Å². The van der Waals surface area contributed by atoms with E-state index in [4.69, 9.17) is 14.0 Å². The Labute approximate surface area is 194 Å². The number of carbonyl (C=O) groups is 2. The summed E-state index contributed by atoms with van der Waals surface area (Å²) in [6, 6.07) is 7.49. The summed E-state index contributed by atoms with van der Waals surface area (Å²) in [7, 11) is 1.64. The molecular formula is C23H33N5O5. The molecule has 33 heavy (non-hydrogen) atoms. The summed E-state index contributed by atoms with van der Waals surface area (Å²) in [4.78, 5) is 32.9. The molecule has 2 amide bonds. The van der Waals surface area contributed by atoms with Gasteiger partial charge in [0.2, 0.25) is 23.5 Å². The number of methoxy groups -OCH3 is 1. The van der Waals surface area contributed by atoms with Crippen LogP contribution in [0.5, 0.6) is 5.75 Å². The number of aryl methyl sites for hydroxylation is 1. The average Bonchev–Trinajstić information content (AvgIpc) is 3.31. The van der Waals surface area contributed by atoms with Gasteiger partial charge >= 0.3 is 0 Å². The van der Waals surface area contributed by atoms with E-state index >= 15 is 0 Å². The molecule has 0 radical (unpaired) electrons. The zero-order chi connectivity index (χ0) is 23.5. The third kappa shape index (κ3) is 7.83. The van der Waals surface area contributed by atoms with E-state index in [1.54, 1.807) is 7.11 Å². The van der Waals surface area contributed by atoms with Crippen molar-refractivity contribution in [3.8, 4) is 17.1 Å². The molecule has 2 heterocycles. The van der Waals surface area contributed by atoms with Crippen molar-refractivity contribution in [2.45, 2.75) is 26.2 Å². The third-order valence-electron chi connectivity index (χ3n) is 5.38. The first-order chi connectivity index (χ1) is 16.1. The lowest BCUT2D eigenvalue weighted by molar-refractivity contribution is -0.133. The molecule has 0 spiro atoms. The van der Waals surface area contributed by atoms with Gasteiger partial charge in [-0.05, 0) is 37.6 Å². The van der Waals surface area contributed by atoms with Crippen LogP contribution in [0.15, 0.2) is 28.8 Å². The van der Waals surface area contributed by atoms with Crippen molar-refractivity contribution < 1.29 is 23.6 Å². The Morgan fingerprint density at radius 2 is 1.91 bits per heavy atom. The Balaban J connectivity index is 1.37. The number of benzene rings is 1. The maximum atomic E-state index is 12.6. The SMILES string of the molecule is CCOc1ccc(-c2noc(CCC(=O)N3CCN(CC(=O)NCCCOC)CC3)n2)cc1. The Hall–Kier alpha value is -2.98. The van der Waals surface area contributed by atoms with Crippen molar-refractivity contribution in [2.24, 2.45) is 0 Å². The summed E-state index contributed by atoms with van der Waals surface area (Å²) in [5.74, 6) is 1.79. The highest BCUT2D eigenvalue weighted by Gasteiger charge is 2.22. The number of hydrogen-bond donors (Lipinski definition) is 1. The van der Waals surface area contributed by atoms with Gasteiger partial charge < -0.3 is 24.2 Å². The van der Waals surface area contributed by atoms with Crippen molar-refractivity contribution in [3.05, 3.63) is 30.2 Å². The highest BCUT2D eigenvalue weighted by Crippen LogP contribution is 2.20. The third-order valence-corrected chi connectivity index (χ3v) is 5.38. The smallest absolute Gasteiger partial charge is 0.234 e. The second-order valence-electron chi connectivity index (χ2n) is 7.82. The molecule has 0 bridgehead atoms. The van der Waals surface area contributed by atoms with Gasteiger partial charge in [-0.2, -0.15) is 4.98 Å². The van der Waals surface area contributed by atoms with E-state index in [1.165, 1.54) is 0 Å². The second kappa shape index (κ2) is 12.9. The van der Waals surface area contributed by atoms with Crippen LogP contribution in [0.2, 0.25) is 0 Å². The minimum Gasteiger partial charge on any atom is -0.494 e. The van der Waals surface area contributed by atoms with Crippen molar-refractivity contribution >= 4 is 11.8 Å². The molecule has 1 aromatic heterocycles. The molecule has 10 nitrogen and oxygen atoms in total. The van der Waals surface area contributed by atoms with Crippen LogP contribution in [0.4, 0.5) is 0 Å². The van der Waals surface area contributed by atoms with Gasteiger partial charge in [-0.1, -0.05) is 5.16 Å². The molecule has 180 valence electrons. The summed E-state index contributed by atoms with van der Waals surface area (Å²) in [5.41, 5.74) is 0.832. The molecule has 2 aromatic rings. The number of carbonyl (C=O) groups excluding carboxylic acids is 2. The zero-order valence-electron chi connectivity index (χ0n) is 19.4. The van der Waals surface area contributed by atoms with Gasteiger partial charge in [-0.25, -0.2) is 0 Å². The average molecular weight is 460 g/mol. The first-order valence-corrected chi connectivity index (χ1v) is 11.4. The van der Waals surface area contributed by atoms with Gasteiger partial charge in [-0.3, -0.25) is 14.5 Å². The standard InChI is InChI=1S/C23H33N5O5/c1-3-32-19-7-5-18(6-8-19)23-25-21(33-26-23)9-10-22(30)28-14-12-27(13-15-28)17-20(29)24-11-4-16-31-2/h5-8H,3-4,9-17H2,1-2H3,(H,24,29). The first-order valence-electron chi connectivity index (χ1n) is 11.4. The highest BCUT2D eigenvalue weighted by atomic mass is 16.5. The maximum Gasteiger partial charge on any atom is 0.234 e. The van der Waals surface area contributed by atoms with Crippen molar-refractivity contribution in [1.29, 1.82) is 0 Å². The lowest BCUT2D eigenvalue weighted by Crippen LogP contribution is -2.51. The minimum absolute atomic E-state index is 0.00519. The number of nitrogens with one attached hydrogen (secondary N) is 1. The predicted octanol–water partition coefficient (Wildman–Crippen LogP) is 1.36. The van der Waals surface area contributed by atoms with Gasteiger partial charge in [-0.15, -0.1) is 0 Å². The van der Waals surface area contributed by atoms with Crippen LogP contribution in [0.1, 0.15) is 25.7 Å². The molecule has 0 aliphatic carbocycles. The zero-order valence-corrected chi connectivity index (χ0v) is 19.4. The molecule has 1 N–H and O–H groups in total. The molecule has 0 unspecified atom stereocenters. The molecule has 3 rings (SSSR count). The van der Waals surface area contributed by atoms with Gasteiger partial charge in [0.25, 0.3) is 0 Å². The van der Waals surface area contributed by atoms with Crippen LogP contribution in [-0.4, -0.2) is 91.3 Å². The maximum absolute atomic E-state index is 12.6. The highest BCUT2D eigenvalue weighted by molar-refractivity contribution is 5.78. The number of rotatable bonds is 12. The molecule has 10 heteroatoms. The number of ether oxygens (including phenoxy) is 2. The quantitative estimate of drug-likeness (QED) is 0.474. The van der Waals surface area contributed by atoms with E-state index < -0.39 is 0 Å². The Kier molecular flexibility index (Phi) is 9.64. The van der Waals surface area contributed by atoms with E-state index in [1.807, 2.05) is 36.1 Å². The summed E-state index contributed by atoms with van der Waals surface area (Å²) in [5, 5.41) is 6.91. The monoisotopic (exact) mass is 459 g/mol. The number of aromatic nitrogens is 2. The Morgan fingerprint density at radius 3 is 2.61 bits per heavy atom. The molecule has 0 atom stereocenters. The van der Waals surface area contributed by atoms with E-state index in [0.717, 1.165) is 17.7 Å². The van der Waals surface area contributed by atoms with E-state index in [2.05, 4.69) is 20.4 Å². The first kappa shape index (κ1) is 24.7. The number of amides is 2. The summed E-state index contributed by atoms with van der Waals surface area (Å²) in [6.07, 6.45) is 1.50. The van der Waals surface area contributed by atoms with Crippen LogP contribution >= 0.6 is 0 Å². The Morgan fingerprint density at radius 1 is 1.15 bits per heavy atom. The molecule has 1 aliphatic heterocycles. The van der Waals surface area contributed by atoms with Gasteiger partial charge in [0.1, 0.15) is 5.75 Å². The fourth-order valence-corrected chi connectivity index (χ4v) is 3.57. The number of hydrogen-bond acceptors (Lipinski definition) is 8. The number of nitrogens with zero attached hydrogens (tertiary/aromatic N) is 4. The fourth-order valence-electron chi connectivity index (χ4n) is 3.57. The van der Waals surface area contributed by atoms with Gasteiger partial charge in [0, 0.05) is 64.8 Å². The summed E-state index contributed by atoms with van der Waals surface area (Å²) < 4.78 is 15.7. The van der Waals surface area contributed by atoms with E-state index in [-0.39, 0.29) is 11.8 Å². The van der Waals surface area contributed by atoms with Crippen LogP contribution in [0, 0.1) is 0 Å². The molecule has 1 aromatic carbocycles. The lowest BCUT2D eigenvalue weighted by atomic mass is 10.2. The van der Waals surface area contributed by atoms with Crippen LogP contribution in [-0.2, 0) is 20.7 Å². The summed E-state index contributed by atoms with van der Waals surface area (Å²) >= 11 is 0.